The van der Waals surface area contributed by atoms with E-state index in [2.05, 4.69) is 11.4 Å². The van der Waals surface area contributed by atoms with Crippen LogP contribution in [0.2, 0.25) is 0 Å². The average molecular weight is 442 g/mol. The summed E-state index contributed by atoms with van der Waals surface area (Å²) in [6.45, 7) is 1.98. The van der Waals surface area contributed by atoms with E-state index >= 15 is 0 Å². The van der Waals surface area contributed by atoms with Crippen molar-refractivity contribution in [2.45, 2.75) is 36.3 Å². The van der Waals surface area contributed by atoms with E-state index in [0.29, 0.717) is 17.7 Å². The molecule has 32 heavy (non-hydrogen) atoms. The number of esters is 1. The van der Waals surface area contributed by atoms with Gasteiger partial charge in [0, 0.05) is 22.6 Å². The molecule has 3 aromatic carbocycles. The van der Waals surface area contributed by atoms with Crippen LogP contribution in [0.1, 0.15) is 46.0 Å². The summed E-state index contributed by atoms with van der Waals surface area (Å²) in [4.78, 5) is 26.7. The second-order valence-electron chi connectivity index (χ2n) is 8.12. The fourth-order valence-corrected chi connectivity index (χ4v) is 5.48. The molecule has 3 aromatic rings. The standard InChI is InChI=1S/C27H23NO3S/c1-17-12-14-18(15-13-17)27(30)31-20-7-4-6-19(16-20)26-25-22(9-5-10-23(25)29)28-21-8-2-3-11-24(21)32-26/h2-4,6-8,11-16,26,28H,5,9-10H2,1H3. The number of thioether (sulfide) groups is 1. The number of Topliss-reactive ketones (excluding diaryl/α,β-unsaturated/α-hetero) is 1. The number of ether oxygens (including phenoxy) is 1. The number of aryl methyl sites for hydroxylation is 1. The molecule has 0 amide bonds. The summed E-state index contributed by atoms with van der Waals surface area (Å²) in [7, 11) is 0. The lowest BCUT2D eigenvalue weighted by atomic mass is 9.89. The van der Waals surface area contributed by atoms with Gasteiger partial charge < -0.3 is 10.1 Å². The monoisotopic (exact) mass is 441 g/mol. The Morgan fingerprint density at radius 2 is 1.81 bits per heavy atom. The lowest BCUT2D eigenvalue weighted by Crippen LogP contribution is -2.19. The van der Waals surface area contributed by atoms with E-state index in [4.69, 9.17) is 4.74 Å². The van der Waals surface area contributed by atoms with E-state index in [9.17, 15) is 9.59 Å². The van der Waals surface area contributed by atoms with Gasteiger partial charge in [0.05, 0.1) is 16.5 Å². The molecular formula is C27H23NO3S. The van der Waals surface area contributed by atoms with Crippen LogP contribution in [0.5, 0.6) is 5.75 Å². The molecule has 4 nitrogen and oxygen atoms in total. The number of anilines is 1. The third-order valence-corrected chi connectivity index (χ3v) is 7.15. The largest absolute Gasteiger partial charge is 0.423 e. The molecular weight excluding hydrogens is 418 g/mol. The van der Waals surface area contributed by atoms with E-state index in [0.717, 1.165) is 45.8 Å². The number of ketones is 1. The molecule has 0 aromatic heterocycles. The number of hydrogen-bond donors (Lipinski definition) is 1. The molecule has 160 valence electrons. The Balaban J connectivity index is 1.49. The molecule has 0 fully saturated rings. The number of carbonyl (C=O) groups excluding carboxylic acids is 2. The quantitative estimate of drug-likeness (QED) is 0.372. The van der Waals surface area contributed by atoms with Gasteiger partial charge in [0.15, 0.2) is 5.78 Å². The summed E-state index contributed by atoms with van der Waals surface area (Å²) in [5, 5.41) is 3.36. The maximum atomic E-state index is 13.0. The third-order valence-electron chi connectivity index (χ3n) is 5.79. The summed E-state index contributed by atoms with van der Waals surface area (Å²) in [6.07, 6.45) is 2.28. The van der Waals surface area contributed by atoms with E-state index in [1.165, 1.54) is 0 Å². The Bertz CT molecular complexity index is 1230. The van der Waals surface area contributed by atoms with Crippen LogP contribution in [0.15, 0.2) is 89.0 Å². The van der Waals surface area contributed by atoms with Crippen LogP contribution in [0, 0.1) is 6.92 Å². The van der Waals surface area contributed by atoms with Crippen LogP contribution in [-0.2, 0) is 4.79 Å². The first-order valence-electron chi connectivity index (χ1n) is 10.8. The van der Waals surface area contributed by atoms with Crippen LogP contribution >= 0.6 is 11.8 Å². The Labute approximate surface area is 191 Å². The van der Waals surface area contributed by atoms with Crippen LogP contribution in [0.3, 0.4) is 0 Å². The molecule has 0 saturated carbocycles. The summed E-state index contributed by atoms with van der Waals surface area (Å²) in [6, 6.07) is 23.0. The Kier molecular flexibility index (Phi) is 5.58. The number of fused-ring (bicyclic) bond motifs is 1. The first-order chi connectivity index (χ1) is 15.6. The van der Waals surface area contributed by atoms with Crippen molar-refractivity contribution in [1.82, 2.24) is 0 Å². The Morgan fingerprint density at radius 1 is 1.00 bits per heavy atom. The summed E-state index contributed by atoms with van der Waals surface area (Å²) in [5.74, 6) is 0.270. The molecule has 1 N–H and O–H groups in total. The molecule has 1 aliphatic carbocycles. The zero-order chi connectivity index (χ0) is 22.1. The molecule has 5 heteroatoms. The predicted octanol–water partition coefficient (Wildman–Crippen LogP) is 6.48. The van der Waals surface area contributed by atoms with Gasteiger partial charge in [0.25, 0.3) is 0 Å². The summed E-state index contributed by atoms with van der Waals surface area (Å²) < 4.78 is 5.67. The van der Waals surface area contributed by atoms with Crippen molar-refractivity contribution in [3.63, 3.8) is 0 Å². The van der Waals surface area contributed by atoms with Gasteiger partial charge in [-0.25, -0.2) is 4.79 Å². The molecule has 1 unspecified atom stereocenters. The fourth-order valence-electron chi connectivity index (χ4n) is 4.15. The van der Waals surface area contributed by atoms with E-state index < -0.39 is 5.97 Å². The van der Waals surface area contributed by atoms with Crippen LogP contribution in [0.25, 0.3) is 0 Å². The van der Waals surface area contributed by atoms with Crippen LogP contribution < -0.4 is 10.1 Å². The van der Waals surface area contributed by atoms with Crippen molar-refractivity contribution in [2.24, 2.45) is 0 Å². The SMILES string of the molecule is Cc1ccc(C(=O)Oc2cccc(C3Sc4ccccc4NC4=C3C(=O)CCC4)c2)cc1. The van der Waals surface area contributed by atoms with Gasteiger partial charge >= 0.3 is 5.97 Å². The molecule has 1 heterocycles. The maximum Gasteiger partial charge on any atom is 0.343 e. The molecule has 0 spiro atoms. The summed E-state index contributed by atoms with van der Waals surface area (Å²) in [5.41, 5.74) is 5.42. The van der Waals surface area contributed by atoms with Crippen molar-refractivity contribution in [3.05, 3.63) is 101 Å². The number of para-hydroxylation sites is 1. The fraction of sp³-hybridized carbons (Fsp3) is 0.185. The smallest absolute Gasteiger partial charge is 0.343 e. The van der Waals surface area contributed by atoms with E-state index in [1.807, 2.05) is 55.5 Å². The minimum Gasteiger partial charge on any atom is -0.423 e. The minimum absolute atomic E-state index is 0.160. The molecule has 0 bridgehead atoms. The number of allylic oxidation sites excluding steroid dienone is 1. The highest BCUT2D eigenvalue weighted by Crippen LogP contribution is 2.49. The van der Waals surface area contributed by atoms with Gasteiger partial charge in [0.2, 0.25) is 0 Å². The van der Waals surface area contributed by atoms with Gasteiger partial charge in [-0.2, -0.15) is 0 Å². The zero-order valence-corrected chi connectivity index (χ0v) is 18.6. The summed E-state index contributed by atoms with van der Waals surface area (Å²) >= 11 is 1.66. The zero-order valence-electron chi connectivity index (χ0n) is 17.8. The molecule has 2 aliphatic rings. The number of carbonyl (C=O) groups is 2. The maximum absolute atomic E-state index is 13.0. The van der Waals surface area contributed by atoms with Crippen molar-refractivity contribution in [3.8, 4) is 5.75 Å². The second-order valence-corrected chi connectivity index (χ2v) is 9.26. The lowest BCUT2D eigenvalue weighted by molar-refractivity contribution is -0.116. The highest BCUT2D eigenvalue weighted by atomic mass is 32.2. The number of hydrogen-bond acceptors (Lipinski definition) is 5. The minimum atomic E-state index is -0.392. The van der Waals surface area contributed by atoms with Gasteiger partial charge in [0.1, 0.15) is 5.75 Å². The highest BCUT2D eigenvalue weighted by Gasteiger charge is 2.33. The first kappa shape index (κ1) is 20.6. The van der Waals surface area contributed by atoms with Gasteiger partial charge in [-0.15, -0.1) is 11.8 Å². The molecule has 5 rings (SSSR count). The van der Waals surface area contributed by atoms with Crippen molar-refractivity contribution in [1.29, 1.82) is 0 Å². The highest BCUT2D eigenvalue weighted by molar-refractivity contribution is 8.00. The van der Waals surface area contributed by atoms with Crippen LogP contribution in [0.4, 0.5) is 5.69 Å². The van der Waals surface area contributed by atoms with Crippen molar-refractivity contribution >= 4 is 29.2 Å². The third kappa shape index (κ3) is 4.08. The van der Waals surface area contributed by atoms with Crippen molar-refractivity contribution < 1.29 is 14.3 Å². The van der Waals surface area contributed by atoms with Gasteiger partial charge in [-0.1, -0.05) is 42.0 Å². The molecule has 0 saturated heterocycles. The predicted molar refractivity (Wildman–Crippen MR) is 127 cm³/mol. The molecule has 0 radical (unpaired) electrons. The normalized spacial score (nSPS) is 17.7. The average Bonchev–Trinajstić information content (AvgIpc) is 2.97. The number of benzene rings is 3. The van der Waals surface area contributed by atoms with E-state index in [-0.39, 0.29) is 11.0 Å². The van der Waals surface area contributed by atoms with Gasteiger partial charge in [-0.05, 0) is 61.7 Å². The molecule has 1 atom stereocenters. The Morgan fingerprint density at radius 3 is 2.66 bits per heavy atom. The van der Waals surface area contributed by atoms with Gasteiger partial charge in [-0.3, -0.25) is 4.79 Å². The first-order valence-corrected chi connectivity index (χ1v) is 11.6. The second kappa shape index (κ2) is 8.67. The van der Waals surface area contributed by atoms with E-state index in [1.54, 1.807) is 30.0 Å². The Hall–Kier alpha value is -3.31. The topological polar surface area (TPSA) is 55.4 Å². The lowest BCUT2D eigenvalue weighted by Gasteiger charge is -2.24. The molecule has 1 aliphatic heterocycles. The number of nitrogens with one attached hydrogen (secondary N) is 1. The van der Waals surface area contributed by atoms with Crippen LogP contribution in [-0.4, -0.2) is 11.8 Å². The van der Waals surface area contributed by atoms with Crippen molar-refractivity contribution in [2.75, 3.05) is 5.32 Å². The number of rotatable bonds is 3.